The van der Waals surface area contributed by atoms with Crippen LogP contribution in [0.5, 0.6) is 5.75 Å². The van der Waals surface area contributed by atoms with E-state index in [-0.39, 0.29) is 11.9 Å². The molecule has 0 heterocycles. The molecule has 1 aliphatic rings. The summed E-state index contributed by atoms with van der Waals surface area (Å²) in [5, 5.41) is 3.17. The summed E-state index contributed by atoms with van der Waals surface area (Å²) in [5.74, 6) is 0.808. The van der Waals surface area contributed by atoms with Crippen LogP contribution >= 0.6 is 0 Å². The lowest BCUT2D eigenvalue weighted by Gasteiger charge is -2.24. The molecular formula is C24H31NO2. The van der Waals surface area contributed by atoms with Crippen LogP contribution < -0.4 is 10.1 Å². The van der Waals surface area contributed by atoms with Gasteiger partial charge in [-0.05, 0) is 86.8 Å². The van der Waals surface area contributed by atoms with Gasteiger partial charge in [0.1, 0.15) is 5.75 Å². The third-order valence-electron chi connectivity index (χ3n) is 5.68. The van der Waals surface area contributed by atoms with Gasteiger partial charge in [-0.15, -0.1) is 0 Å². The molecule has 1 aliphatic carbocycles. The van der Waals surface area contributed by atoms with Gasteiger partial charge in [0.15, 0.2) is 6.10 Å². The largest absolute Gasteiger partial charge is 0.481 e. The first-order chi connectivity index (χ1) is 13.0. The van der Waals surface area contributed by atoms with E-state index in [9.17, 15) is 4.79 Å². The van der Waals surface area contributed by atoms with Gasteiger partial charge >= 0.3 is 0 Å². The molecule has 0 aliphatic heterocycles. The third-order valence-corrected chi connectivity index (χ3v) is 5.68. The van der Waals surface area contributed by atoms with Gasteiger partial charge < -0.3 is 10.1 Å². The van der Waals surface area contributed by atoms with Crippen LogP contribution in [0.1, 0.15) is 67.0 Å². The van der Waals surface area contributed by atoms with Crippen LogP contribution in [0.2, 0.25) is 0 Å². The fourth-order valence-electron chi connectivity index (χ4n) is 3.79. The van der Waals surface area contributed by atoms with Crippen LogP contribution in [0.3, 0.4) is 0 Å². The third kappa shape index (κ3) is 4.52. The molecule has 0 fully saturated rings. The highest BCUT2D eigenvalue weighted by Gasteiger charge is 2.22. The van der Waals surface area contributed by atoms with Gasteiger partial charge in [0, 0.05) is 0 Å². The number of carbonyl (C=O) groups is 1. The van der Waals surface area contributed by atoms with Gasteiger partial charge in [-0.25, -0.2) is 0 Å². The quantitative estimate of drug-likeness (QED) is 0.762. The van der Waals surface area contributed by atoms with Crippen molar-refractivity contribution in [1.82, 2.24) is 5.32 Å². The van der Waals surface area contributed by atoms with Gasteiger partial charge in [-0.1, -0.05) is 37.3 Å². The summed E-state index contributed by atoms with van der Waals surface area (Å²) < 4.78 is 6.09. The first kappa shape index (κ1) is 19.5. The van der Waals surface area contributed by atoms with E-state index in [2.05, 4.69) is 50.4 Å². The Morgan fingerprint density at radius 1 is 1.11 bits per heavy atom. The van der Waals surface area contributed by atoms with Crippen molar-refractivity contribution in [3.8, 4) is 5.75 Å². The summed E-state index contributed by atoms with van der Waals surface area (Å²) in [7, 11) is 0. The number of ether oxygens (including phenoxy) is 1. The molecule has 27 heavy (non-hydrogen) atoms. The topological polar surface area (TPSA) is 38.3 Å². The Kier molecular flexibility index (Phi) is 6.20. The van der Waals surface area contributed by atoms with E-state index < -0.39 is 6.10 Å². The van der Waals surface area contributed by atoms with Crippen LogP contribution in [0.4, 0.5) is 0 Å². The maximum atomic E-state index is 12.8. The van der Waals surface area contributed by atoms with Crippen LogP contribution in [-0.4, -0.2) is 12.0 Å². The molecule has 0 unspecified atom stereocenters. The molecule has 0 radical (unpaired) electrons. The summed E-state index contributed by atoms with van der Waals surface area (Å²) in [5.41, 5.74) is 6.32. The monoisotopic (exact) mass is 365 g/mol. The lowest BCUT2D eigenvalue weighted by atomic mass is 9.91. The predicted molar refractivity (Wildman–Crippen MR) is 110 cm³/mol. The van der Waals surface area contributed by atoms with Gasteiger partial charge in [-0.3, -0.25) is 4.79 Å². The number of carbonyl (C=O) groups excluding carboxylic acids is 1. The second-order valence-electron chi connectivity index (χ2n) is 7.67. The van der Waals surface area contributed by atoms with Crippen molar-refractivity contribution < 1.29 is 9.53 Å². The number of fused-ring (bicyclic) bond motifs is 1. The smallest absolute Gasteiger partial charge is 0.261 e. The van der Waals surface area contributed by atoms with Gasteiger partial charge in [0.05, 0.1) is 6.04 Å². The van der Waals surface area contributed by atoms with Crippen molar-refractivity contribution in [2.45, 2.75) is 71.9 Å². The minimum absolute atomic E-state index is 0.00698. The minimum atomic E-state index is -0.515. The molecular weight excluding hydrogens is 334 g/mol. The van der Waals surface area contributed by atoms with Crippen molar-refractivity contribution in [1.29, 1.82) is 0 Å². The number of hydrogen-bond donors (Lipinski definition) is 1. The molecule has 2 aromatic carbocycles. The Hall–Kier alpha value is -2.29. The molecule has 3 nitrogen and oxygen atoms in total. The Balaban J connectivity index is 1.69. The molecule has 0 spiro atoms. The van der Waals surface area contributed by atoms with Crippen LogP contribution in [0.25, 0.3) is 0 Å². The molecule has 1 N–H and O–H groups in total. The van der Waals surface area contributed by atoms with Crippen molar-refractivity contribution in [3.05, 3.63) is 64.2 Å². The zero-order valence-corrected chi connectivity index (χ0v) is 17.0. The molecule has 0 saturated carbocycles. The fraction of sp³-hybridized carbons (Fsp3) is 0.458. The van der Waals surface area contributed by atoms with Gasteiger partial charge in [0.2, 0.25) is 0 Å². The number of aryl methyl sites for hydroxylation is 3. The van der Waals surface area contributed by atoms with Crippen LogP contribution in [0.15, 0.2) is 36.4 Å². The highest BCUT2D eigenvalue weighted by molar-refractivity contribution is 5.81. The summed E-state index contributed by atoms with van der Waals surface area (Å²) in [6.07, 6.45) is 4.91. The highest BCUT2D eigenvalue weighted by Crippen LogP contribution is 2.30. The van der Waals surface area contributed by atoms with Gasteiger partial charge in [-0.2, -0.15) is 0 Å². The first-order valence-electron chi connectivity index (χ1n) is 10.1. The predicted octanol–water partition coefficient (Wildman–Crippen LogP) is 5.22. The summed E-state index contributed by atoms with van der Waals surface area (Å²) >= 11 is 0. The van der Waals surface area contributed by atoms with E-state index >= 15 is 0 Å². The zero-order chi connectivity index (χ0) is 19.4. The number of nitrogens with one attached hydrogen (secondary N) is 1. The molecule has 0 bridgehead atoms. The summed E-state index contributed by atoms with van der Waals surface area (Å²) in [6.45, 7) is 8.15. The van der Waals surface area contributed by atoms with E-state index in [0.29, 0.717) is 0 Å². The maximum Gasteiger partial charge on any atom is 0.261 e. The number of amides is 1. The number of rotatable bonds is 6. The molecule has 0 aromatic heterocycles. The SMILES string of the molecule is CC[C@H](NC(=O)[C@H](C)Oc1cccc2c1CCCC2)c1ccc(C)c(C)c1. The van der Waals surface area contributed by atoms with Crippen molar-refractivity contribution in [3.63, 3.8) is 0 Å². The van der Waals surface area contributed by atoms with Crippen LogP contribution in [0, 0.1) is 13.8 Å². The Bertz CT molecular complexity index is 812. The normalized spacial score (nSPS) is 15.6. The van der Waals surface area contributed by atoms with Gasteiger partial charge in [0.25, 0.3) is 5.91 Å². The molecule has 144 valence electrons. The van der Waals surface area contributed by atoms with E-state index in [4.69, 9.17) is 4.74 Å². The van der Waals surface area contributed by atoms with E-state index in [1.807, 2.05) is 19.1 Å². The average Bonchev–Trinajstić information content (AvgIpc) is 2.68. The standard InChI is InChI=1S/C24H31NO2/c1-5-22(20-14-13-16(2)17(3)15-20)25-24(26)18(4)27-23-12-8-10-19-9-6-7-11-21(19)23/h8,10,12-15,18,22H,5-7,9,11H2,1-4H3,(H,25,26)/t18-,22-/m0/s1. The van der Waals surface area contributed by atoms with Crippen LogP contribution in [-0.2, 0) is 17.6 Å². The van der Waals surface area contributed by atoms with Crippen molar-refractivity contribution in [2.24, 2.45) is 0 Å². The zero-order valence-electron chi connectivity index (χ0n) is 17.0. The van der Waals surface area contributed by atoms with Crippen molar-refractivity contribution >= 4 is 5.91 Å². The van der Waals surface area contributed by atoms with E-state index in [0.717, 1.165) is 30.6 Å². The summed E-state index contributed by atoms with van der Waals surface area (Å²) in [4.78, 5) is 12.8. The first-order valence-corrected chi connectivity index (χ1v) is 10.1. The highest BCUT2D eigenvalue weighted by atomic mass is 16.5. The Labute approximate surface area is 163 Å². The van der Waals surface area contributed by atoms with E-state index in [1.54, 1.807) is 0 Å². The molecule has 3 heteroatoms. The fourth-order valence-corrected chi connectivity index (χ4v) is 3.79. The molecule has 0 saturated heterocycles. The number of hydrogen-bond acceptors (Lipinski definition) is 2. The van der Waals surface area contributed by atoms with E-state index in [1.165, 1.54) is 35.1 Å². The Morgan fingerprint density at radius 3 is 2.63 bits per heavy atom. The lowest BCUT2D eigenvalue weighted by molar-refractivity contribution is -0.128. The summed E-state index contributed by atoms with van der Waals surface area (Å²) in [6, 6.07) is 12.6. The second-order valence-corrected chi connectivity index (χ2v) is 7.67. The molecule has 2 aromatic rings. The second kappa shape index (κ2) is 8.60. The lowest BCUT2D eigenvalue weighted by Crippen LogP contribution is -2.38. The molecule has 3 rings (SSSR count). The van der Waals surface area contributed by atoms with Crippen molar-refractivity contribution in [2.75, 3.05) is 0 Å². The average molecular weight is 366 g/mol. The molecule has 2 atom stereocenters. The molecule has 1 amide bonds. The maximum absolute atomic E-state index is 12.8. The minimum Gasteiger partial charge on any atom is -0.481 e. The Morgan fingerprint density at radius 2 is 1.89 bits per heavy atom. The number of benzene rings is 2.